The maximum atomic E-state index is 13.5. The Labute approximate surface area is 250 Å². The number of imidazole rings is 1. The number of aliphatic carboxylic acids is 1. The molecule has 0 aliphatic rings. The molecule has 1 aromatic heterocycles. The fourth-order valence-electron chi connectivity index (χ4n) is 4.07. The molecular formula is C31H39N5O7. The summed E-state index contributed by atoms with van der Waals surface area (Å²) in [4.78, 5) is 55.5. The van der Waals surface area contributed by atoms with Crippen molar-refractivity contribution in [3.63, 3.8) is 0 Å². The van der Waals surface area contributed by atoms with E-state index in [1.807, 2.05) is 30.3 Å². The molecule has 0 fully saturated rings. The molecule has 3 amide bonds. The number of ether oxygens (including phenoxy) is 2. The summed E-state index contributed by atoms with van der Waals surface area (Å²) in [6, 6.07) is 15.7. The number of carbonyl (C=O) groups excluding carboxylic acids is 3. The number of alkyl carbamates (subject to hydrolysis) is 1. The lowest BCUT2D eigenvalue weighted by Crippen LogP contribution is -2.59. The number of anilines is 1. The maximum absolute atomic E-state index is 13.5. The van der Waals surface area contributed by atoms with E-state index in [4.69, 9.17) is 9.47 Å². The fourth-order valence-corrected chi connectivity index (χ4v) is 4.07. The van der Waals surface area contributed by atoms with Gasteiger partial charge in [0.05, 0.1) is 25.2 Å². The third-order valence-corrected chi connectivity index (χ3v) is 6.31. The zero-order valence-corrected chi connectivity index (χ0v) is 25.2. The van der Waals surface area contributed by atoms with Crippen LogP contribution in [0.1, 0.15) is 57.5 Å². The van der Waals surface area contributed by atoms with E-state index in [2.05, 4.69) is 20.9 Å². The summed E-state index contributed by atoms with van der Waals surface area (Å²) >= 11 is 0. The van der Waals surface area contributed by atoms with Crippen LogP contribution in [-0.2, 0) is 30.5 Å². The Hall–Kier alpha value is -4.71. The number of hydrogen-bond acceptors (Lipinski definition) is 7. The molecule has 3 rings (SSSR count). The molecule has 12 nitrogen and oxygen atoms in total. The van der Waals surface area contributed by atoms with Crippen LogP contribution in [0.3, 0.4) is 0 Å². The van der Waals surface area contributed by atoms with Crippen LogP contribution < -0.4 is 16.0 Å². The second kappa shape index (κ2) is 14.0. The van der Waals surface area contributed by atoms with E-state index < -0.39 is 47.1 Å². The van der Waals surface area contributed by atoms with Gasteiger partial charge in [-0.2, -0.15) is 0 Å². The van der Waals surface area contributed by atoms with Gasteiger partial charge in [-0.15, -0.1) is 0 Å². The standard InChI is InChI=1S/C31H39N5O7/c1-20-25(32-19-36(20)24(27(38)39)22-15-11-8-12-16-22)34-26(37)23(18-42-17-21-13-9-7-10-14-21)33-28(40)31(5,6)35-29(41)43-30(2,3)4/h7-16,19,23-24H,17-18H2,1-6H3,(H,33,40)(H,34,37)(H,35,41)(H,38,39). The van der Waals surface area contributed by atoms with Gasteiger partial charge in [0.2, 0.25) is 5.91 Å². The van der Waals surface area contributed by atoms with E-state index in [1.54, 1.807) is 58.0 Å². The molecule has 2 unspecified atom stereocenters. The Morgan fingerprint density at radius 2 is 1.56 bits per heavy atom. The third-order valence-electron chi connectivity index (χ3n) is 6.31. The number of nitrogens with zero attached hydrogens (tertiary/aromatic N) is 2. The molecule has 3 aromatic rings. The highest BCUT2D eigenvalue weighted by Gasteiger charge is 2.35. The molecule has 4 N–H and O–H groups in total. The van der Waals surface area contributed by atoms with E-state index >= 15 is 0 Å². The number of amides is 3. The Morgan fingerprint density at radius 1 is 0.953 bits per heavy atom. The molecule has 2 atom stereocenters. The monoisotopic (exact) mass is 593 g/mol. The van der Waals surface area contributed by atoms with Crippen LogP contribution in [0.5, 0.6) is 0 Å². The number of carboxylic acid groups (broad SMARTS) is 1. The van der Waals surface area contributed by atoms with Gasteiger partial charge in [0.1, 0.15) is 17.2 Å². The number of aromatic nitrogens is 2. The van der Waals surface area contributed by atoms with E-state index in [-0.39, 0.29) is 19.0 Å². The molecule has 0 aliphatic heterocycles. The fraction of sp³-hybridized carbons (Fsp3) is 0.387. The average Bonchev–Trinajstić information content (AvgIpc) is 3.26. The normalized spacial score (nSPS) is 13.0. The van der Waals surface area contributed by atoms with Gasteiger partial charge in [-0.05, 0) is 52.7 Å². The highest BCUT2D eigenvalue weighted by Crippen LogP contribution is 2.24. The smallest absolute Gasteiger partial charge is 0.408 e. The van der Waals surface area contributed by atoms with Crippen LogP contribution in [0.2, 0.25) is 0 Å². The highest BCUT2D eigenvalue weighted by molar-refractivity contribution is 5.99. The van der Waals surface area contributed by atoms with Gasteiger partial charge in [-0.1, -0.05) is 60.7 Å². The first-order valence-corrected chi connectivity index (χ1v) is 13.7. The lowest BCUT2D eigenvalue weighted by Gasteiger charge is -2.29. The van der Waals surface area contributed by atoms with E-state index in [0.717, 1.165) is 5.56 Å². The van der Waals surface area contributed by atoms with Crippen molar-refractivity contribution in [3.05, 3.63) is 83.8 Å². The quantitative estimate of drug-likeness (QED) is 0.247. The lowest BCUT2D eigenvalue weighted by atomic mass is 10.0. The summed E-state index contributed by atoms with van der Waals surface area (Å²) in [6.45, 7) is 9.68. The number of carboxylic acids is 1. The second-order valence-corrected chi connectivity index (χ2v) is 11.5. The average molecular weight is 594 g/mol. The van der Waals surface area contributed by atoms with Gasteiger partial charge in [-0.3, -0.25) is 9.59 Å². The topological polar surface area (TPSA) is 161 Å². The van der Waals surface area contributed by atoms with Crippen molar-refractivity contribution in [3.8, 4) is 0 Å². The minimum atomic E-state index is -1.44. The van der Waals surface area contributed by atoms with Crippen molar-refractivity contribution in [1.82, 2.24) is 20.2 Å². The minimum absolute atomic E-state index is 0.126. The van der Waals surface area contributed by atoms with Crippen LogP contribution in [0.4, 0.5) is 10.6 Å². The Kier molecular flexibility index (Phi) is 10.7. The third kappa shape index (κ3) is 9.40. The van der Waals surface area contributed by atoms with Crippen LogP contribution >= 0.6 is 0 Å². The van der Waals surface area contributed by atoms with Gasteiger partial charge in [0.25, 0.3) is 5.91 Å². The molecule has 2 aromatic carbocycles. The number of hydrogen-bond donors (Lipinski definition) is 4. The summed E-state index contributed by atoms with van der Waals surface area (Å²) in [5.74, 6) is -2.27. The van der Waals surface area contributed by atoms with Crippen molar-refractivity contribution in [2.45, 2.75) is 71.4 Å². The summed E-state index contributed by atoms with van der Waals surface area (Å²) in [5.41, 5.74) is -0.414. The molecule has 0 saturated heterocycles. The highest BCUT2D eigenvalue weighted by atomic mass is 16.6. The van der Waals surface area contributed by atoms with Gasteiger partial charge in [-0.25, -0.2) is 14.6 Å². The Morgan fingerprint density at radius 3 is 2.14 bits per heavy atom. The molecule has 0 bridgehead atoms. The summed E-state index contributed by atoms with van der Waals surface area (Å²) < 4.78 is 12.5. The van der Waals surface area contributed by atoms with Crippen molar-refractivity contribution in [1.29, 1.82) is 0 Å². The van der Waals surface area contributed by atoms with Crippen LogP contribution in [0, 0.1) is 6.92 Å². The molecule has 0 aliphatic carbocycles. The number of rotatable bonds is 12. The molecule has 0 radical (unpaired) electrons. The number of benzene rings is 2. The first kappa shape index (κ1) is 32.8. The van der Waals surface area contributed by atoms with Crippen LogP contribution in [0.15, 0.2) is 67.0 Å². The van der Waals surface area contributed by atoms with E-state index in [1.165, 1.54) is 24.7 Å². The molecular weight excluding hydrogens is 554 g/mol. The molecule has 43 heavy (non-hydrogen) atoms. The molecule has 12 heteroatoms. The van der Waals surface area contributed by atoms with Crippen molar-refractivity contribution >= 4 is 29.7 Å². The van der Waals surface area contributed by atoms with Crippen LogP contribution in [0.25, 0.3) is 0 Å². The largest absolute Gasteiger partial charge is 0.479 e. The van der Waals surface area contributed by atoms with Crippen molar-refractivity contribution in [2.75, 3.05) is 11.9 Å². The van der Waals surface area contributed by atoms with E-state index in [0.29, 0.717) is 11.3 Å². The zero-order chi connectivity index (χ0) is 31.8. The number of nitrogens with one attached hydrogen (secondary N) is 3. The first-order valence-electron chi connectivity index (χ1n) is 13.7. The minimum Gasteiger partial charge on any atom is -0.479 e. The summed E-state index contributed by atoms with van der Waals surface area (Å²) in [7, 11) is 0. The molecule has 1 heterocycles. The Balaban J connectivity index is 1.79. The zero-order valence-electron chi connectivity index (χ0n) is 25.2. The summed E-state index contributed by atoms with van der Waals surface area (Å²) in [6.07, 6.45) is 0.547. The molecule has 230 valence electrons. The van der Waals surface area contributed by atoms with Crippen LogP contribution in [-0.4, -0.2) is 62.3 Å². The molecule has 0 spiro atoms. The summed E-state index contributed by atoms with van der Waals surface area (Å²) in [5, 5.41) is 17.8. The van der Waals surface area contributed by atoms with Gasteiger partial charge < -0.3 is 35.1 Å². The molecule has 0 saturated carbocycles. The van der Waals surface area contributed by atoms with Crippen molar-refractivity contribution < 1.29 is 33.8 Å². The van der Waals surface area contributed by atoms with Gasteiger partial charge in [0, 0.05) is 0 Å². The maximum Gasteiger partial charge on any atom is 0.408 e. The van der Waals surface area contributed by atoms with Gasteiger partial charge in [0.15, 0.2) is 11.9 Å². The lowest BCUT2D eigenvalue weighted by molar-refractivity contribution is -0.139. The first-order chi connectivity index (χ1) is 20.2. The van der Waals surface area contributed by atoms with Gasteiger partial charge >= 0.3 is 12.1 Å². The Bertz CT molecular complexity index is 1420. The predicted octanol–water partition coefficient (Wildman–Crippen LogP) is 3.81. The SMILES string of the molecule is Cc1c(NC(=O)C(COCc2ccccc2)NC(=O)C(C)(C)NC(=O)OC(C)(C)C)ncn1C(C(=O)O)c1ccccc1. The van der Waals surface area contributed by atoms with E-state index in [9.17, 15) is 24.3 Å². The van der Waals surface area contributed by atoms with Crippen molar-refractivity contribution in [2.24, 2.45) is 0 Å². The second-order valence-electron chi connectivity index (χ2n) is 11.5. The predicted molar refractivity (Wildman–Crippen MR) is 159 cm³/mol. The number of carbonyl (C=O) groups is 4.